The number of aliphatic hydroxyl groups excluding tert-OH is 1. The quantitative estimate of drug-likeness (QED) is 0.502. The van der Waals surface area contributed by atoms with Crippen molar-refractivity contribution in [1.82, 2.24) is 19.5 Å². The number of aryl methyl sites for hydroxylation is 1. The summed E-state index contributed by atoms with van der Waals surface area (Å²) >= 11 is 0. The van der Waals surface area contributed by atoms with Crippen LogP contribution in [0.3, 0.4) is 0 Å². The van der Waals surface area contributed by atoms with Crippen molar-refractivity contribution in [2.75, 3.05) is 5.32 Å². The van der Waals surface area contributed by atoms with Crippen LogP contribution in [0.15, 0.2) is 53.3 Å². The van der Waals surface area contributed by atoms with E-state index in [2.05, 4.69) is 20.4 Å². The number of hydrogen-bond acceptors (Lipinski definition) is 6. The number of aromatic nitrogens is 4. The van der Waals surface area contributed by atoms with Gasteiger partial charge in [0.2, 0.25) is 11.7 Å². The van der Waals surface area contributed by atoms with Crippen LogP contribution in [0, 0.1) is 6.92 Å². The maximum absolute atomic E-state index is 12.8. The second kappa shape index (κ2) is 7.84. The Hall–Kier alpha value is -3.73. The van der Waals surface area contributed by atoms with E-state index in [9.17, 15) is 18.0 Å². The summed E-state index contributed by atoms with van der Waals surface area (Å²) in [6.45, 7) is 1.79. The molecule has 1 amide bonds. The highest BCUT2D eigenvalue weighted by Gasteiger charge is 2.39. The molecule has 0 radical (unpaired) electrons. The Balaban J connectivity index is 1.56. The standard InChI is InChI=1S/C20H16F3N5O3/c1-11-5-6-12(18-26-17(31-27-18)9-15(29)20(21,22)23)8-13(11)25-19(30)14-10-24-16-4-2-3-7-28(14)16/h2-8,10,15,29H,9H2,1H3,(H,25,30)/t15-/m0/s1. The van der Waals surface area contributed by atoms with Crippen molar-refractivity contribution >= 4 is 17.2 Å². The number of nitrogens with zero attached hydrogens (tertiary/aromatic N) is 4. The molecule has 2 N–H and O–H groups in total. The molecule has 0 spiro atoms. The molecule has 4 rings (SSSR count). The van der Waals surface area contributed by atoms with Crippen LogP contribution in [0.5, 0.6) is 0 Å². The minimum absolute atomic E-state index is 0.0367. The Bertz CT molecular complexity index is 1250. The first-order valence-corrected chi connectivity index (χ1v) is 9.14. The third kappa shape index (κ3) is 4.26. The number of benzene rings is 1. The largest absolute Gasteiger partial charge is 0.414 e. The molecule has 0 saturated carbocycles. The first-order chi connectivity index (χ1) is 14.7. The van der Waals surface area contributed by atoms with Gasteiger partial charge in [-0.05, 0) is 30.7 Å². The molecule has 31 heavy (non-hydrogen) atoms. The summed E-state index contributed by atoms with van der Waals surface area (Å²) in [7, 11) is 0. The number of anilines is 1. The lowest BCUT2D eigenvalue weighted by Crippen LogP contribution is -2.30. The Morgan fingerprint density at radius 3 is 2.87 bits per heavy atom. The highest BCUT2D eigenvalue weighted by molar-refractivity contribution is 6.04. The number of amides is 1. The number of carbonyl (C=O) groups excluding carboxylic acids is 1. The summed E-state index contributed by atoms with van der Waals surface area (Å²) < 4.78 is 44.0. The Labute approximate surface area is 173 Å². The summed E-state index contributed by atoms with van der Waals surface area (Å²) in [4.78, 5) is 20.8. The number of alkyl halides is 3. The molecule has 0 saturated heterocycles. The SMILES string of the molecule is Cc1ccc(-c2noc(C[C@H](O)C(F)(F)F)n2)cc1NC(=O)c1cnc2ccccn12. The molecular weight excluding hydrogens is 415 g/mol. The van der Waals surface area contributed by atoms with Crippen molar-refractivity contribution in [3.8, 4) is 11.4 Å². The van der Waals surface area contributed by atoms with Crippen molar-refractivity contribution in [3.63, 3.8) is 0 Å². The summed E-state index contributed by atoms with van der Waals surface area (Å²) in [5.41, 5.74) is 2.61. The van der Waals surface area contributed by atoms with Gasteiger partial charge in [0.05, 0.1) is 12.6 Å². The Morgan fingerprint density at radius 2 is 2.10 bits per heavy atom. The van der Waals surface area contributed by atoms with Crippen molar-refractivity contribution in [2.45, 2.75) is 25.6 Å². The second-order valence-corrected chi connectivity index (χ2v) is 6.83. The van der Waals surface area contributed by atoms with Crippen LogP contribution in [-0.2, 0) is 6.42 Å². The van der Waals surface area contributed by atoms with Gasteiger partial charge < -0.3 is 14.9 Å². The Kier molecular flexibility index (Phi) is 5.19. The summed E-state index contributed by atoms with van der Waals surface area (Å²) in [6, 6.07) is 10.3. The number of aliphatic hydroxyl groups is 1. The number of hydrogen-bond donors (Lipinski definition) is 2. The van der Waals surface area contributed by atoms with Gasteiger partial charge in [0.25, 0.3) is 5.91 Å². The molecule has 0 aliphatic heterocycles. The lowest BCUT2D eigenvalue weighted by Gasteiger charge is -2.11. The lowest BCUT2D eigenvalue weighted by atomic mass is 10.1. The highest BCUT2D eigenvalue weighted by Crippen LogP contribution is 2.26. The van der Waals surface area contributed by atoms with Crippen molar-refractivity contribution in [3.05, 3.63) is 65.9 Å². The normalized spacial score (nSPS) is 12.8. The molecule has 0 unspecified atom stereocenters. The van der Waals surface area contributed by atoms with Gasteiger partial charge in [-0.2, -0.15) is 18.2 Å². The monoisotopic (exact) mass is 431 g/mol. The van der Waals surface area contributed by atoms with Gasteiger partial charge >= 0.3 is 6.18 Å². The molecule has 0 aliphatic rings. The molecule has 4 aromatic rings. The van der Waals surface area contributed by atoms with E-state index in [4.69, 9.17) is 9.63 Å². The van der Waals surface area contributed by atoms with Crippen LogP contribution in [0.25, 0.3) is 17.0 Å². The first-order valence-electron chi connectivity index (χ1n) is 9.14. The van der Waals surface area contributed by atoms with Gasteiger partial charge in [-0.1, -0.05) is 23.4 Å². The second-order valence-electron chi connectivity index (χ2n) is 6.83. The lowest BCUT2D eigenvalue weighted by molar-refractivity contribution is -0.204. The summed E-state index contributed by atoms with van der Waals surface area (Å²) in [5, 5.41) is 15.6. The topological polar surface area (TPSA) is 106 Å². The van der Waals surface area contributed by atoms with E-state index in [1.807, 2.05) is 6.07 Å². The number of imidazole rings is 1. The maximum atomic E-state index is 12.8. The third-order valence-electron chi connectivity index (χ3n) is 4.61. The zero-order chi connectivity index (χ0) is 22.2. The molecule has 1 aromatic carbocycles. The van der Waals surface area contributed by atoms with E-state index in [1.165, 1.54) is 6.20 Å². The van der Waals surface area contributed by atoms with Gasteiger partial charge in [-0.15, -0.1) is 0 Å². The van der Waals surface area contributed by atoms with E-state index in [0.717, 1.165) is 5.56 Å². The minimum atomic E-state index is -4.78. The van der Waals surface area contributed by atoms with Gasteiger partial charge in [-0.25, -0.2) is 4.98 Å². The molecule has 0 aliphatic carbocycles. The van der Waals surface area contributed by atoms with E-state index in [1.54, 1.807) is 47.9 Å². The van der Waals surface area contributed by atoms with Crippen LogP contribution in [0.4, 0.5) is 18.9 Å². The number of rotatable bonds is 5. The Morgan fingerprint density at radius 1 is 1.29 bits per heavy atom. The van der Waals surface area contributed by atoms with Crippen molar-refractivity contribution in [2.24, 2.45) is 0 Å². The van der Waals surface area contributed by atoms with Crippen molar-refractivity contribution in [1.29, 1.82) is 0 Å². The molecule has 0 fully saturated rings. The first kappa shape index (κ1) is 20.5. The molecule has 1 atom stereocenters. The zero-order valence-corrected chi connectivity index (χ0v) is 16.1. The van der Waals surface area contributed by atoms with Crippen molar-refractivity contribution < 1.29 is 27.6 Å². The van der Waals surface area contributed by atoms with Gasteiger partial charge in [0.1, 0.15) is 11.3 Å². The number of pyridine rings is 1. The molecule has 3 aromatic heterocycles. The average molecular weight is 431 g/mol. The fourth-order valence-electron chi connectivity index (χ4n) is 2.92. The smallest absolute Gasteiger partial charge is 0.383 e. The molecule has 11 heteroatoms. The van der Waals surface area contributed by atoms with E-state index >= 15 is 0 Å². The predicted octanol–water partition coefficient (Wildman–Crippen LogP) is 3.41. The van der Waals surface area contributed by atoms with E-state index in [-0.39, 0.29) is 17.6 Å². The molecule has 0 bridgehead atoms. The van der Waals surface area contributed by atoms with Crippen LogP contribution < -0.4 is 5.32 Å². The van der Waals surface area contributed by atoms with E-state index in [0.29, 0.717) is 22.6 Å². The molecule has 160 valence electrons. The van der Waals surface area contributed by atoms with Gasteiger partial charge in [-0.3, -0.25) is 9.20 Å². The number of halogens is 3. The van der Waals surface area contributed by atoms with Crippen LogP contribution >= 0.6 is 0 Å². The van der Waals surface area contributed by atoms with Crippen LogP contribution in [-0.4, -0.2) is 42.8 Å². The fraction of sp³-hybridized carbons (Fsp3) is 0.200. The van der Waals surface area contributed by atoms with E-state index < -0.39 is 18.7 Å². The number of carbonyl (C=O) groups is 1. The molecular formula is C20H16F3N5O3. The maximum Gasteiger partial charge on any atom is 0.414 e. The highest BCUT2D eigenvalue weighted by atomic mass is 19.4. The number of nitrogens with one attached hydrogen (secondary N) is 1. The minimum Gasteiger partial charge on any atom is -0.383 e. The van der Waals surface area contributed by atoms with Gasteiger partial charge in [0.15, 0.2) is 6.10 Å². The average Bonchev–Trinajstić information content (AvgIpc) is 3.36. The fourth-order valence-corrected chi connectivity index (χ4v) is 2.92. The summed E-state index contributed by atoms with van der Waals surface area (Å²) in [6.07, 6.45) is -5.05. The zero-order valence-electron chi connectivity index (χ0n) is 16.1. The van der Waals surface area contributed by atoms with Crippen LogP contribution in [0.2, 0.25) is 0 Å². The number of fused-ring (bicyclic) bond motifs is 1. The van der Waals surface area contributed by atoms with Crippen LogP contribution in [0.1, 0.15) is 21.9 Å². The molecule has 3 heterocycles. The predicted molar refractivity (Wildman–Crippen MR) is 103 cm³/mol. The molecule has 8 nitrogen and oxygen atoms in total. The summed E-state index contributed by atoms with van der Waals surface area (Å²) in [5.74, 6) is -0.701. The van der Waals surface area contributed by atoms with Gasteiger partial charge in [0, 0.05) is 17.4 Å². The third-order valence-corrected chi connectivity index (χ3v) is 4.61.